The van der Waals surface area contributed by atoms with Crippen LogP contribution < -0.4 is 0 Å². The van der Waals surface area contributed by atoms with Crippen LogP contribution >= 0.6 is 0 Å². The SMILES string of the molecule is CC(C)C1C(C)CCCC1(F)F.CC(C)C1CCCCC1C.CC(C)C1CS(=O)(=O)CCC1C. The normalized spacial score (nSPS) is 35.2. The average Bonchev–Trinajstić information content (AvgIpc) is 2.69. The molecule has 2 saturated carbocycles. The van der Waals surface area contributed by atoms with Crippen LogP contribution in [0, 0.1) is 53.3 Å². The van der Waals surface area contributed by atoms with Gasteiger partial charge in [-0.3, -0.25) is 0 Å². The van der Waals surface area contributed by atoms with E-state index in [9.17, 15) is 17.2 Å². The van der Waals surface area contributed by atoms with Gasteiger partial charge in [0.1, 0.15) is 0 Å². The lowest BCUT2D eigenvalue weighted by Gasteiger charge is -2.38. The summed E-state index contributed by atoms with van der Waals surface area (Å²) in [6.45, 7) is 19.3. The van der Waals surface area contributed by atoms with Crippen molar-refractivity contribution in [3.8, 4) is 0 Å². The van der Waals surface area contributed by atoms with Crippen LogP contribution in [0.2, 0.25) is 0 Å². The minimum absolute atomic E-state index is 0.0974. The summed E-state index contributed by atoms with van der Waals surface area (Å²) < 4.78 is 49.4. The molecule has 0 spiro atoms. The molecule has 3 aliphatic rings. The molecular weight excluding hydrogens is 450 g/mol. The van der Waals surface area contributed by atoms with Gasteiger partial charge in [0.2, 0.25) is 0 Å². The molecule has 6 atom stereocenters. The molecular formula is C29H56F2O2S. The molecule has 1 heterocycles. The largest absolute Gasteiger partial charge is 0.251 e. The Morgan fingerprint density at radius 2 is 1.18 bits per heavy atom. The Morgan fingerprint density at radius 3 is 1.56 bits per heavy atom. The van der Waals surface area contributed by atoms with E-state index in [1.165, 1.54) is 25.7 Å². The minimum Gasteiger partial charge on any atom is -0.229 e. The second-order valence-electron chi connectivity index (χ2n) is 12.9. The Labute approximate surface area is 211 Å². The molecule has 1 aliphatic heterocycles. The van der Waals surface area contributed by atoms with Crippen molar-refractivity contribution in [3.63, 3.8) is 0 Å². The van der Waals surface area contributed by atoms with E-state index in [0.29, 0.717) is 35.7 Å². The standard InChI is InChI=1S/C10H18F2.C10H20.C9H18O2S/c1-7(2)9-8(3)5-4-6-10(9,11)12;1-8(2)10-7-5-4-6-9(10)3;1-7(2)9-6-12(10,11)5-4-8(9)3/h7-9H,4-6H2,1-3H3;8-10H,4-7H2,1-3H3;7-9H,4-6H2,1-3H3. The predicted molar refractivity (Wildman–Crippen MR) is 143 cm³/mol. The van der Waals surface area contributed by atoms with Crippen LogP contribution in [-0.4, -0.2) is 25.8 Å². The Morgan fingerprint density at radius 1 is 0.676 bits per heavy atom. The summed E-state index contributed by atoms with van der Waals surface area (Å²) in [4.78, 5) is 0. The Bertz CT molecular complexity index is 672. The fourth-order valence-electron chi connectivity index (χ4n) is 6.87. The van der Waals surface area contributed by atoms with E-state index >= 15 is 0 Å². The van der Waals surface area contributed by atoms with Crippen molar-refractivity contribution in [2.24, 2.45) is 53.3 Å². The number of hydrogen-bond acceptors (Lipinski definition) is 2. The maximum atomic E-state index is 13.4. The van der Waals surface area contributed by atoms with Crippen molar-refractivity contribution in [2.45, 2.75) is 120 Å². The van der Waals surface area contributed by atoms with Crippen LogP contribution in [0.1, 0.15) is 114 Å². The topological polar surface area (TPSA) is 34.1 Å². The van der Waals surface area contributed by atoms with E-state index in [-0.39, 0.29) is 18.3 Å². The molecule has 5 heteroatoms. The van der Waals surface area contributed by atoms with Gasteiger partial charge in [-0.1, -0.05) is 88.0 Å². The molecule has 2 aliphatic carbocycles. The zero-order valence-corrected chi connectivity index (χ0v) is 24.6. The van der Waals surface area contributed by atoms with Gasteiger partial charge in [0.15, 0.2) is 9.84 Å². The molecule has 6 unspecified atom stereocenters. The molecule has 34 heavy (non-hydrogen) atoms. The summed E-state index contributed by atoms with van der Waals surface area (Å²) in [7, 11) is -2.71. The molecule has 0 radical (unpaired) electrons. The Balaban J connectivity index is 0.000000256. The highest BCUT2D eigenvalue weighted by molar-refractivity contribution is 7.91. The lowest BCUT2D eigenvalue weighted by molar-refractivity contribution is -0.122. The lowest BCUT2D eigenvalue weighted by Crippen LogP contribution is -2.40. The van der Waals surface area contributed by atoms with E-state index < -0.39 is 21.7 Å². The highest BCUT2D eigenvalue weighted by Gasteiger charge is 2.46. The zero-order valence-electron chi connectivity index (χ0n) is 23.7. The first-order chi connectivity index (χ1) is 15.6. The molecule has 2 nitrogen and oxygen atoms in total. The summed E-state index contributed by atoms with van der Waals surface area (Å²) in [5.41, 5.74) is 0. The smallest absolute Gasteiger partial charge is 0.229 e. The van der Waals surface area contributed by atoms with Gasteiger partial charge >= 0.3 is 0 Å². The first-order valence-electron chi connectivity index (χ1n) is 14.2. The van der Waals surface area contributed by atoms with E-state index in [0.717, 1.165) is 30.6 Å². The third-order valence-electron chi connectivity index (χ3n) is 8.94. The molecule has 3 fully saturated rings. The lowest BCUT2D eigenvalue weighted by atomic mass is 9.72. The summed E-state index contributed by atoms with van der Waals surface area (Å²) in [5, 5.41) is 0. The van der Waals surface area contributed by atoms with Gasteiger partial charge in [0, 0.05) is 12.3 Å². The van der Waals surface area contributed by atoms with Gasteiger partial charge in [0.05, 0.1) is 11.5 Å². The zero-order chi connectivity index (χ0) is 26.3. The number of halogens is 2. The maximum Gasteiger partial charge on any atom is 0.251 e. The van der Waals surface area contributed by atoms with Crippen molar-refractivity contribution in [1.82, 2.24) is 0 Å². The number of hydrogen-bond donors (Lipinski definition) is 0. The molecule has 1 saturated heterocycles. The second kappa shape index (κ2) is 13.9. The van der Waals surface area contributed by atoms with E-state index in [1.54, 1.807) is 0 Å². The van der Waals surface area contributed by atoms with Crippen molar-refractivity contribution < 1.29 is 17.2 Å². The van der Waals surface area contributed by atoms with E-state index in [2.05, 4.69) is 41.5 Å². The minimum atomic E-state index is -2.71. The van der Waals surface area contributed by atoms with Crippen LogP contribution in [0.3, 0.4) is 0 Å². The van der Waals surface area contributed by atoms with Gasteiger partial charge in [-0.25, -0.2) is 17.2 Å². The fraction of sp³-hybridized carbons (Fsp3) is 1.00. The average molecular weight is 507 g/mol. The van der Waals surface area contributed by atoms with Crippen molar-refractivity contribution in [1.29, 1.82) is 0 Å². The van der Waals surface area contributed by atoms with Crippen LogP contribution in [0.4, 0.5) is 8.78 Å². The third kappa shape index (κ3) is 10.1. The van der Waals surface area contributed by atoms with Gasteiger partial charge in [-0.05, 0) is 66.6 Å². The molecule has 0 aromatic carbocycles. The van der Waals surface area contributed by atoms with Crippen LogP contribution in [0.25, 0.3) is 0 Å². The summed E-state index contributed by atoms with van der Waals surface area (Å²) in [6.07, 6.45) is 8.53. The third-order valence-corrected chi connectivity index (χ3v) is 10.7. The van der Waals surface area contributed by atoms with Crippen LogP contribution in [0.5, 0.6) is 0 Å². The van der Waals surface area contributed by atoms with E-state index in [1.807, 2.05) is 20.8 Å². The molecule has 0 aromatic heterocycles. The molecule has 0 N–H and O–H groups in total. The molecule has 0 amide bonds. The maximum absolute atomic E-state index is 13.4. The quantitative estimate of drug-likeness (QED) is 0.383. The summed E-state index contributed by atoms with van der Waals surface area (Å²) in [6, 6.07) is 0. The van der Waals surface area contributed by atoms with Gasteiger partial charge in [0.25, 0.3) is 5.92 Å². The molecule has 204 valence electrons. The predicted octanol–water partition coefficient (Wildman–Crippen LogP) is 8.90. The fourth-order valence-corrected chi connectivity index (χ4v) is 9.07. The first kappa shape index (κ1) is 31.8. The van der Waals surface area contributed by atoms with Crippen molar-refractivity contribution in [2.75, 3.05) is 11.5 Å². The monoisotopic (exact) mass is 506 g/mol. The Hall–Kier alpha value is -0.190. The van der Waals surface area contributed by atoms with Crippen LogP contribution in [0.15, 0.2) is 0 Å². The van der Waals surface area contributed by atoms with Gasteiger partial charge < -0.3 is 0 Å². The van der Waals surface area contributed by atoms with Crippen molar-refractivity contribution >= 4 is 9.84 Å². The highest BCUT2D eigenvalue weighted by Crippen LogP contribution is 2.45. The first-order valence-corrected chi connectivity index (χ1v) is 16.0. The number of sulfone groups is 1. The molecule has 3 rings (SSSR count). The Kier molecular flexibility index (Phi) is 13.0. The summed E-state index contributed by atoms with van der Waals surface area (Å²) >= 11 is 0. The van der Waals surface area contributed by atoms with Crippen molar-refractivity contribution in [3.05, 3.63) is 0 Å². The second-order valence-corrected chi connectivity index (χ2v) is 15.1. The van der Waals surface area contributed by atoms with Crippen LogP contribution in [-0.2, 0) is 9.84 Å². The molecule has 0 aromatic rings. The van der Waals surface area contributed by atoms with Gasteiger partial charge in [-0.15, -0.1) is 0 Å². The highest BCUT2D eigenvalue weighted by atomic mass is 32.2. The number of alkyl halides is 2. The number of rotatable bonds is 3. The van der Waals surface area contributed by atoms with Gasteiger partial charge in [-0.2, -0.15) is 0 Å². The van der Waals surface area contributed by atoms with E-state index in [4.69, 9.17) is 0 Å². The molecule has 0 bridgehead atoms. The summed E-state index contributed by atoms with van der Waals surface area (Å²) in [5.74, 6) is 2.68.